The van der Waals surface area contributed by atoms with Crippen LogP contribution in [0.25, 0.3) is 10.9 Å². The van der Waals surface area contributed by atoms with E-state index in [1.165, 1.54) is 12.8 Å². The zero-order valence-electron chi connectivity index (χ0n) is 10.8. The Kier molecular flexibility index (Phi) is 2.93. The molecule has 1 aromatic heterocycles. The summed E-state index contributed by atoms with van der Waals surface area (Å²) in [6.07, 6.45) is 4.48. The molecular weight excluding hydrogens is 258 g/mol. The summed E-state index contributed by atoms with van der Waals surface area (Å²) in [5.74, 6) is -0.0593. The minimum atomic E-state index is -0.0593. The van der Waals surface area contributed by atoms with Gasteiger partial charge in [-0.1, -0.05) is 12.1 Å². The first-order valence-electron chi connectivity index (χ1n) is 6.34. The first-order chi connectivity index (χ1) is 9.13. The highest BCUT2D eigenvalue weighted by molar-refractivity contribution is 8.00. The molecule has 0 aliphatic heterocycles. The number of para-hydroxylation sites is 1. The molecule has 0 bridgehead atoms. The number of aromatic nitrogens is 1. The second-order valence-corrected chi connectivity index (χ2v) is 6.34. The molecule has 1 amide bonds. The molecule has 1 aromatic carbocycles. The number of nitrogens with two attached hydrogens (primary N) is 1. The first-order valence-corrected chi connectivity index (χ1v) is 7.57. The van der Waals surface area contributed by atoms with Gasteiger partial charge in [0, 0.05) is 16.7 Å². The van der Waals surface area contributed by atoms with Crippen molar-refractivity contribution in [2.24, 2.45) is 0 Å². The summed E-state index contributed by atoms with van der Waals surface area (Å²) in [6, 6.07) is 7.51. The number of nitrogens with one attached hydrogen (secondary N) is 2. The highest BCUT2D eigenvalue weighted by atomic mass is 32.2. The van der Waals surface area contributed by atoms with Crippen LogP contribution in [-0.4, -0.2) is 28.4 Å². The lowest BCUT2D eigenvalue weighted by Crippen LogP contribution is -2.31. The molecule has 2 aromatic rings. The number of aromatic amines is 1. The van der Waals surface area contributed by atoms with Gasteiger partial charge in [-0.25, -0.2) is 0 Å². The van der Waals surface area contributed by atoms with Crippen molar-refractivity contribution in [2.75, 3.05) is 18.5 Å². The number of amides is 1. The number of H-pyrrole nitrogens is 1. The van der Waals surface area contributed by atoms with E-state index in [4.69, 9.17) is 5.73 Å². The maximum atomic E-state index is 12.1. The minimum Gasteiger partial charge on any atom is -0.397 e. The largest absolute Gasteiger partial charge is 0.397 e. The maximum Gasteiger partial charge on any atom is 0.267 e. The number of anilines is 1. The van der Waals surface area contributed by atoms with E-state index in [9.17, 15) is 4.79 Å². The minimum absolute atomic E-state index is 0.0593. The Morgan fingerprint density at radius 3 is 2.95 bits per heavy atom. The fourth-order valence-electron chi connectivity index (χ4n) is 2.23. The third-order valence-electron chi connectivity index (χ3n) is 3.74. The summed E-state index contributed by atoms with van der Waals surface area (Å²) < 4.78 is 0.278. The Morgan fingerprint density at radius 1 is 1.53 bits per heavy atom. The lowest BCUT2D eigenvalue weighted by atomic mass is 10.2. The van der Waals surface area contributed by atoms with Gasteiger partial charge in [0.1, 0.15) is 5.69 Å². The Hall–Kier alpha value is -1.62. The number of carbonyl (C=O) groups excluding carboxylic acids is 1. The van der Waals surface area contributed by atoms with Crippen molar-refractivity contribution in [3.8, 4) is 0 Å². The molecule has 4 N–H and O–H groups in total. The number of nitrogen functional groups attached to an aromatic ring is 1. The molecule has 1 aliphatic carbocycles. The molecule has 0 saturated heterocycles. The Bertz CT molecular complexity index is 631. The van der Waals surface area contributed by atoms with Gasteiger partial charge in [-0.2, -0.15) is 11.8 Å². The fraction of sp³-hybridized carbons (Fsp3) is 0.357. The van der Waals surface area contributed by atoms with Gasteiger partial charge in [0.15, 0.2) is 0 Å². The van der Waals surface area contributed by atoms with E-state index < -0.39 is 0 Å². The average Bonchev–Trinajstić information content (AvgIpc) is 3.06. The number of fused-ring (bicyclic) bond motifs is 1. The summed E-state index contributed by atoms with van der Waals surface area (Å²) in [4.78, 5) is 15.2. The smallest absolute Gasteiger partial charge is 0.267 e. The number of hydrogen-bond donors (Lipinski definition) is 3. The van der Waals surface area contributed by atoms with Gasteiger partial charge < -0.3 is 16.0 Å². The van der Waals surface area contributed by atoms with Crippen LogP contribution in [0, 0.1) is 0 Å². The van der Waals surface area contributed by atoms with Crippen LogP contribution in [0.5, 0.6) is 0 Å². The van der Waals surface area contributed by atoms with E-state index in [0.717, 1.165) is 17.4 Å². The number of carbonyl (C=O) groups is 1. The third kappa shape index (κ3) is 2.30. The highest BCUT2D eigenvalue weighted by Gasteiger charge is 2.42. The molecule has 1 fully saturated rings. The maximum absolute atomic E-state index is 12.1. The molecular formula is C14H17N3OS. The van der Waals surface area contributed by atoms with Crippen LogP contribution in [0.4, 0.5) is 5.69 Å². The molecule has 0 radical (unpaired) electrons. The number of thioether (sulfide) groups is 1. The van der Waals surface area contributed by atoms with Crippen molar-refractivity contribution in [1.29, 1.82) is 0 Å². The number of benzene rings is 1. The second-order valence-electron chi connectivity index (χ2n) is 5.06. The molecule has 0 spiro atoms. The SMILES string of the molecule is CSC1(CNC(=O)c2cc3cccc(N)c3[nH]2)CC1. The predicted molar refractivity (Wildman–Crippen MR) is 80.5 cm³/mol. The van der Waals surface area contributed by atoms with Crippen LogP contribution in [0.1, 0.15) is 23.3 Å². The molecule has 19 heavy (non-hydrogen) atoms. The molecule has 1 aliphatic rings. The monoisotopic (exact) mass is 275 g/mol. The summed E-state index contributed by atoms with van der Waals surface area (Å²) in [7, 11) is 0. The molecule has 1 saturated carbocycles. The zero-order valence-corrected chi connectivity index (χ0v) is 11.6. The van der Waals surface area contributed by atoms with E-state index in [1.54, 1.807) is 0 Å². The van der Waals surface area contributed by atoms with E-state index in [-0.39, 0.29) is 10.7 Å². The highest BCUT2D eigenvalue weighted by Crippen LogP contribution is 2.46. The lowest BCUT2D eigenvalue weighted by molar-refractivity contribution is 0.0949. The molecule has 0 unspecified atom stereocenters. The molecule has 100 valence electrons. The van der Waals surface area contributed by atoms with Crippen LogP contribution in [0.2, 0.25) is 0 Å². The van der Waals surface area contributed by atoms with Crippen molar-refractivity contribution < 1.29 is 4.79 Å². The van der Waals surface area contributed by atoms with Crippen molar-refractivity contribution >= 4 is 34.3 Å². The third-order valence-corrected chi connectivity index (χ3v) is 5.16. The summed E-state index contributed by atoms with van der Waals surface area (Å²) in [6.45, 7) is 0.734. The molecule has 4 nitrogen and oxygen atoms in total. The van der Waals surface area contributed by atoms with Crippen LogP contribution >= 0.6 is 11.8 Å². The molecule has 3 rings (SSSR count). The van der Waals surface area contributed by atoms with Crippen LogP contribution < -0.4 is 11.1 Å². The van der Waals surface area contributed by atoms with E-state index in [2.05, 4.69) is 16.6 Å². The summed E-state index contributed by atoms with van der Waals surface area (Å²) >= 11 is 1.84. The van der Waals surface area contributed by atoms with E-state index in [0.29, 0.717) is 11.4 Å². The summed E-state index contributed by atoms with van der Waals surface area (Å²) in [5, 5.41) is 3.97. The van der Waals surface area contributed by atoms with Gasteiger partial charge in [-0.3, -0.25) is 4.79 Å². The zero-order chi connectivity index (χ0) is 13.5. The predicted octanol–water partition coefficient (Wildman–Crippen LogP) is 2.38. The van der Waals surface area contributed by atoms with Crippen molar-refractivity contribution in [3.05, 3.63) is 30.0 Å². The van der Waals surface area contributed by atoms with Crippen molar-refractivity contribution in [3.63, 3.8) is 0 Å². The van der Waals surface area contributed by atoms with Gasteiger partial charge in [-0.15, -0.1) is 0 Å². The Balaban J connectivity index is 1.76. The van der Waals surface area contributed by atoms with Crippen molar-refractivity contribution in [2.45, 2.75) is 17.6 Å². The lowest BCUT2D eigenvalue weighted by Gasteiger charge is -2.12. The van der Waals surface area contributed by atoms with Gasteiger partial charge in [0.25, 0.3) is 5.91 Å². The van der Waals surface area contributed by atoms with Gasteiger partial charge >= 0.3 is 0 Å². The van der Waals surface area contributed by atoms with Gasteiger partial charge in [-0.05, 0) is 31.2 Å². The number of rotatable bonds is 4. The van der Waals surface area contributed by atoms with Crippen molar-refractivity contribution in [1.82, 2.24) is 10.3 Å². The van der Waals surface area contributed by atoms with Crippen LogP contribution in [0.3, 0.4) is 0 Å². The van der Waals surface area contributed by atoms with E-state index >= 15 is 0 Å². The van der Waals surface area contributed by atoms with Gasteiger partial charge in [0.2, 0.25) is 0 Å². The quantitative estimate of drug-likeness (QED) is 0.750. The normalized spacial score (nSPS) is 16.5. The Labute approximate surface area is 116 Å². The topological polar surface area (TPSA) is 70.9 Å². The second kappa shape index (κ2) is 4.49. The average molecular weight is 275 g/mol. The number of hydrogen-bond acceptors (Lipinski definition) is 3. The molecule has 5 heteroatoms. The molecule has 1 heterocycles. The standard InChI is InChI=1S/C14H17N3OS/c1-19-14(5-6-14)8-16-13(18)11-7-9-3-2-4-10(15)12(9)17-11/h2-4,7,17H,5-6,8,15H2,1H3,(H,16,18). The van der Waals surface area contributed by atoms with Crippen LogP contribution in [-0.2, 0) is 0 Å². The first kappa shape index (κ1) is 12.4. The van der Waals surface area contributed by atoms with E-state index in [1.807, 2.05) is 36.0 Å². The van der Waals surface area contributed by atoms with Gasteiger partial charge in [0.05, 0.1) is 11.2 Å². The summed E-state index contributed by atoms with van der Waals surface area (Å²) in [5.41, 5.74) is 7.95. The van der Waals surface area contributed by atoms with Crippen LogP contribution in [0.15, 0.2) is 24.3 Å². The Morgan fingerprint density at radius 2 is 2.32 bits per heavy atom. The fourth-order valence-corrected chi connectivity index (χ4v) is 2.96. The molecule has 0 atom stereocenters.